The maximum absolute atomic E-state index is 12.3. The molecule has 0 aliphatic heterocycles. The van der Waals surface area contributed by atoms with Gasteiger partial charge in [0.1, 0.15) is 5.75 Å². The number of rotatable bonds is 6. The van der Waals surface area contributed by atoms with E-state index in [9.17, 15) is 4.79 Å². The summed E-state index contributed by atoms with van der Waals surface area (Å²) in [5.41, 5.74) is 6.73. The highest BCUT2D eigenvalue weighted by Crippen LogP contribution is 2.38. The van der Waals surface area contributed by atoms with E-state index < -0.39 is 0 Å². The van der Waals surface area contributed by atoms with Crippen molar-refractivity contribution in [3.63, 3.8) is 0 Å². The molecule has 1 aromatic rings. The normalized spacial score (nSPS) is 17.2. The molecule has 21 heavy (non-hydrogen) atoms. The van der Waals surface area contributed by atoms with Crippen molar-refractivity contribution >= 4 is 11.6 Å². The molecule has 4 nitrogen and oxygen atoms in total. The molecule has 1 aliphatic rings. The summed E-state index contributed by atoms with van der Waals surface area (Å²) in [7, 11) is 0. The Hall–Kier alpha value is -1.55. The second-order valence-electron chi connectivity index (χ2n) is 5.95. The number of nitrogens with two attached hydrogens (primary N) is 1. The number of nitrogens with one attached hydrogen (secondary N) is 1. The number of benzene rings is 1. The van der Waals surface area contributed by atoms with E-state index in [4.69, 9.17) is 10.5 Å². The molecule has 1 amide bonds. The van der Waals surface area contributed by atoms with E-state index in [0.717, 1.165) is 24.3 Å². The number of ether oxygens (including phenoxy) is 1. The van der Waals surface area contributed by atoms with Gasteiger partial charge >= 0.3 is 0 Å². The highest BCUT2D eigenvalue weighted by molar-refractivity contribution is 5.91. The van der Waals surface area contributed by atoms with Gasteiger partial charge in [-0.25, -0.2) is 0 Å². The lowest BCUT2D eigenvalue weighted by atomic mass is 9.71. The van der Waals surface area contributed by atoms with Crippen molar-refractivity contribution in [1.29, 1.82) is 0 Å². The molecule has 2 rings (SSSR count). The van der Waals surface area contributed by atoms with Gasteiger partial charge in [0.2, 0.25) is 5.91 Å². The molecule has 1 fully saturated rings. The van der Waals surface area contributed by atoms with E-state index >= 15 is 0 Å². The highest BCUT2D eigenvalue weighted by Gasteiger charge is 2.32. The van der Waals surface area contributed by atoms with Crippen molar-refractivity contribution in [1.82, 2.24) is 0 Å². The minimum atomic E-state index is -0.000137. The highest BCUT2D eigenvalue weighted by atomic mass is 16.5. The van der Waals surface area contributed by atoms with Crippen LogP contribution in [0.2, 0.25) is 0 Å². The first-order valence-corrected chi connectivity index (χ1v) is 7.90. The summed E-state index contributed by atoms with van der Waals surface area (Å²) in [6, 6.07) is 7.52. The molecule has 1 saturated carbocycles. The van der Waals surface area contributed by atoms with Gasteiger partial charge in [-0.1, -0.05) is 25.3 Å². The van der Waals surface area contributed by atoms with Gasteiger partial charge in [0.15, 0.2) is 0 Å². The molecule has 0 unspecified atom stereocenters. The average Bonchev–Trinajstić information content (AvgIpc) is 2.49. The summed E-state index contributed by atoms with van der Waals surface area (Å²) in [5.74, 6) is 0.831. The zero-order valence-corrected chi connectivity index (χ0v) is 12.9. The van der Waals surface area contributed by atoms with Crippen molar-refractivity contribution in [2.45, 2.75) is 45.4 Å². The maximum atomic E-state index is 12.3. The van der Waals surface area contributed by atoms with E-state index in [2.05, 4.69) is 5.32 Å². The average molecular weight is 290 g/mol. The predicted octanol–water partition coefficient (Wildman–Crippen LogP) is 3.32. The number of hydrogen-bond donors (Lipinski definition) is 2. The summed E-state index contributed by atoms with van der Waals surface area (Å²) < 4.78 is 5.45. The molecular weight excluding hydrogens is 264 g/mol. The molecular formula is C17H26N2O2. The third kappa shape index (κ3) is 4.46. The summed E-state index contributed by atoms with van der Waals surface area (Å²) in [5, 5.41) is 2.97. The largest absolute Gasteiger partial charge is 0.494 e. The van der Waals surface area contributed by atoms with Gasteiger partial charge in [0.25, 0.3) is 0 Å². The van der Waals surface area contributed by atoms with Crippen LogP contribution in [-0.2, 0) is 4.79 Å². The molecule has 4 heteroatoms. The lowest BCUT2D eigenvalue weighted by Gasteiger charge is -2.35. The number of carbonyl (C=O) groups is 1. The fourth-order valence-corrected chi connectivity index (χ4v) is 3.13. The van der Waals surface area contributed by atoms with E-state index in [1.807, 2.05) is 31.2 Å². The first-order valence-electron chi connectivity index (χ1n) is 7.90. The van der Waals surface area contributed by atoms with E-state index in [0.29, 0.717) is 19.6 Å². The molecule has 0 radical (unpaired) electrons. The quantitative estimate of drug-likeness (QED) is 0.844. The minimum absolute atomic E-state index is 0.000137. The smallest absolute Gasteiger partial charge is 0.224 e. The van der Waals surface area contributed by atoms with E-state index in [1.165, 1.54) is 19.3 Å². The molecule has 0 heterocycles. The Kier molecular flexibility index (Phi) is 5.62. The molecule has 0 atom stereocenters. The van der Waals surface area contributed by atoms with Gasteiger partial charge in [-0.2, -0.15) is 0 Å². The molecule has 0 spiro atoms. The van der Waals surface area contributed by atoms with Crippen LogP contribution in [-0.4, -0.2) is 19.1 Å². The zero-order valence-electron chi connectivity index (χ0n) is 12.9. The van der Waals surface area contributed by atoms with Crippen LogP contribution in [0.1, 0.15) is 45.4 Å². The lowest BCUT2D eigenvalue weighted by molar-refractivity contribution is -0.118. The van der Waals surface area contributed by atoms with Gasteiger partial charge in [-0.05, 0) is 43.9 Å². The molecule has 3 N–H and O–H groups in total. The lowest BCUT2D eigenvalue weighted by Crippen LogP contribution is -2.36. The van der Waals surface area contributed by atoms with Gasteiger partial charge in [-0.3, -0.25) is 4.79 Å². The fraction of sp³-hybridized carbons (Fsp3) is 0.588. The van der Waals surface area contributed by atoms with Crippen LogP contribution in [0.4, 0.5) is 5.69 Å². The first-order chi connectivity index (χ1) is 10.2. The Morgan fingerprint density at radius 1 is 1.33 bits per heavy atom. The van der Waals surface area contributed by atoms with Crippen molar-refractivity contribution in [3.8, 4) is 5.75 Å². The van der Waals surface area contributed by atoms with Crippen LogP contribution in [0.5, 0.6) is 5.75 Å². The Bertz CT molecular complexity index is 468. The third-order valence-corrected chi connectivity index (χ3v) is 4.31. The number of hydrogen-bond acceptors (Lipinski definition) is 3. The molecule has 0 aromatic heterocycles. The van der Waals surface area contributed by atoms with Crippen LogP contribution in [0, 0.1) is 5.41 Å². The summed E-state index contributed by atoms with van der Waals surface area (Å²) >= 11 is 0. The summed E-state index contributed by atoms with van der Waals surface area (Å²) in [6.07, 6.45) is 6.28. The van der Waals surface area contributed by atoms with Crippen LogP contribution in [0.3, 0.4) is 0 Å². The summed E-state index contributed by atoms with van der Waals surface area (Å²) in [4.78, 5) is 12.3. The van der Waals surface area contributed by atoms with Crippen molar-refractivity contribution < 1.29 is 9.53 Å². The predicted molar refractivity (Wildman–Crippen MR) is 85.4 cm³/mol. The number of amides is 1. The fourth-order valence-electron chi connectivity index (χ4n) is 3.13. The zero-order chi connectivity index (χ0) is 15.1. The van der Waals surface area contributed by atoms with Crippen LogP contribution in [0.15, 0.2) is 24.3 Å². The number of carbonyl (C=O) groups excluding carboxylic acids is 1. The Morgan fingerprint density at radius 3 is 2.76 bits per heavy atom. The Morgan fingerprint density at radius 2 is 2.10 bits per heavy atom. The monoisotopic (exact) mass is 290 g/mol. The van der Waals surface area contributed by atoms with Crippen molar-refractivity contribution in [3.05, 3.63) is 24.3 Å². The second-order valence-corrected chi connectivity index (χ2v) is 5.95. The van der Waals surface area contributed by atoms with Crippen LogP contribution < -0.4 is 15.8 Å². The van der Waals surface area contributed by atoms with Crippen LogP contribution >= 0.6 is 0 Å². The second kappa shape index (κ2) is 7.46. The van der Waals surface area contributed by atoms with Gasteiger partial charge < -0.3 is 15.8 Å². The maximum Gasteiger partial charge on any atom is 0.224 e. The molecule has 0 bridgehead atoms. The molecule has 1 aromatic carbocycles. The van der Waals surface area contributed by atoms with Crippen LogP contribution in [0.25, 0.3) is 0 Å². The Labute approximate surface area is 127 Å². The van der Waals surface area contributed by atoms with Gasteiger partial charge in [0.05, 0.1) is 6.61 Å². The topological polar surface area (TPSA) is 64.3 Å². The van der Waals surface area contributed by atoms with Crippen molar-refractivity contribution in [2.75, 3.05) is 18.5 Å². The third-order valence-electron chi connectivity index (χ3n) is 4.31. The minimum Gasteiger partial charge on any atom is -0.494 e. The van der Waals surface area contributed by atoms with Crippen molar-refractivity contribution in [2.24, 2.45) is 11.1 Å². The SMILES string of the molecule is CCOc1cccc(NC(=O)CC2(CN)CCCCC2)c1. The van der Waals surface area contributed by atoms with Gasteiger partial charge in [0, 0.05) is 18.2 Å². The van der Waals surface area contributed by atoms with E-state index in [1.54, 1.807) is 0 Å². The molecule has 0 saturated heterocycles. The summed E-state index contributed by atoms with van der Waals surface area (Å²) in [6.45, 7) is 3.16. The Balaban J connectivity index is 1.95. The van der Waals surface area contributed by atoms with Gasteiger partial charge in [-0.15, -0.1) is 0 Å². The molecule has 1 aliphatic carbocycles. The van der Waals surface area contributed by atoms with E-state index in [-0.39, 0.29) is 11.3 Å². The molecule has 116 valence electrons. The standard InChI is InChI=1S/C17H26N2O2/c1-2-21-15-8-6-7-14(11-15)19-16(20)12-17(13-18)9-4-3-5-10-17/h6-8,11H,2-5,9-10,12-13,18H2,1H3,(H,19,20). The number of anilines is 1. The first kappa shape index (κ1) is 15.8.